The number of amides is 1. The second kappa shape index (κ2) is 8.10. The van der Waals surface area contributed by atoms with Gasteiger partial charge in [-0.05, 0) is 18.2 Å². The number of ether oxygens (including phenoxy) is 1. The molecule has 0 aliphatic carbocycles. The van der Waals surface area contributed by atoms with E-state index < -0.39 is 0 Å². The molecule has 0 bridgehead atoms. The minimum absolute atomic E-state index is 0.0268. The first-order chi connectivity index (χ1) is 13.7. The van der Waals surface area contributed by atoms with Crippen molar-refractivity contribution >= 4 is 33.7 Å². The molecule has 0 atom stereocenters. The summed E-state index contributed by atoms with van der Waals surface area (Å²) in [6, 6.07) is 11.6. The van der Waals surface area contributed by atoms with Gasteiger partial charge in [0.15, 0.2) is 5.82 Å². The second-order valence-electron chi connectivity index (χ2n) is 6.48. The summed E-state index contributed by atoms with van der Waals surface area (Å²) in [5, 5.41) is 3.86. The molecule has 0 saturated carbocycles. The summed E-state index contributed by atoms with van der Waals surface area (Å²) in [4.78, 5) is 23.6. The van der Waals surface area contributed by atoms with E-state index in [1.807, 2.05) is 41.0 Å². The highest BCUT2D eigenvalue weighted by Crippen LogP contribution is 2.26. The molecule has 0 radical (unpaired) electrons. The van der Waals surface area contributed by atoms with Crippen molar-refractivity contribution in [2.24, 2.45) is 0 Å². The number of benzene rings is 1. The Bertz CT molecular complexity index is 1090. The van der Waals surface area contributed by atoms with Crippen molar-refractivity contribution in [2.45, 2.75) is 13.0 Å². The molecule has 8 heteroatoms. The third-order valence-electron chi connectivity index (χ3n) is 4.54. The van der Waals surface area contributed by atoms with Crippen LogP contribution in [0, 0.1) is 0 Å². The van der Waals surface area contributed by atoms with Gasteiger partial charge < -0.3 is 25.3 Å². The summed E-state index contributed by atoms with van der Waals surface area (Å²) in [7, 11) is 0. The number of carbonyl (C=O) groups is 1. The van der Waals surface area contributed by atoms with Gasteiger partial charge in [0.05, 0.1) is 37.0 Å². The molecule has 1 amide bonds. The average molecular weight is 378 g/mol. The molecule has 0 fully saturated rings. The predicted molar refractivity (Wildman–Crippen MR) is 108 cm³/mol. The molecule has 0 spiro atoms. The molecule has 0 unspecified atom stereocenters. The van der Waals surface area contributed by atoms with Crippen molar-refractivity contribution in [3.8, 4) is 0 Å². The molecule has 1 aromatic carbocycles. The Morgan fingerprint density at radius 2 is 2.11 bits per heavy atom. The lowest BCUT2D eigenvalue weighted by molar-refractivity contribution is -0.120. The number of rotatable bonds is 8. The van der Waals surface area contributed by atoms with Crippen molar-refractivity contribution < 1.29 is 9.53 Å². The van der Waals surface area contributed by atoms with Gasteiger partial charge in [0, 0.05) is 30.4 Å². The lowest BCUT2D eigenvalue weighted by Crippen LogP contribution is -2.29. The topological polar surface area (TPSA) is 111 Å². The number of aromatic nitrogens is 4. The molecule has 3 heterocycles. The Hall–Kier alpha value is -3.39. The van der Waals surface area contributed by atoms with Crippen LogP contribution in [0.15, 0.2) is 48.9 Å². The van der Waals surface area contributed by atoms with Gasteiger partial charge in [0.1, 0.15) is 5.52 Å². The number of H-pyrrole nitrogens is 1. The van der Waals surface area contributed by atoms with Crippen LogP contribution < -0.4 is 11.1 Å². The maximum Gasteiger partial charge on any atom is 0.226 e. The molecule has 3 aromatic heterocycles. The largest absolute Gasteiger partial charge is 0.382 e. The third kappa shape index (κ3) is 3.81. The van der Waals surface area contributed by atoms with E-state index in [1.165, 1.54) is 0 Å². The van der Waals surface area contributed by atoms with Crippen molar-refractivity contribution in [2.75, 3.05) is 25.5 Å². The highest BCUT2D eigenvalue weighted by Gasteiger charge is 2.11. The number of imidazole rings is 1. The number of anilines is 1. The molecule has 4 rings (SSSR count). The number of aromatic amines is 1. The molecular weight excluding hydrogens is 356 g/mol. The van der Waals surface area contributed by atoms with Crippen LogP contribution in [0.2, 0.25) is 0 Å². The summed E-state index contributed by atoms with van der Waals surface area (Å²) in [5.41, 5.74) is 9.46. The molecule has 8 nitrogen and oxygen atoms in total. The zero-order chi connectivity index (χ0) is 19.3. The first-order valence-corrected chi connectivity index (χ1v) is 9.18. The van der Waals surface area contributed by atoms with Crippen LogP contribution in [0.5, 0.6) is 0 Å². The number of nitrogens with two attached hydrogens (primary N) is 1. The molecule has 0 saturated heterocycles. The number of nitrogens with zero attached hydrogens (tertiary/aromatic N) is 3. The van der Waals surface area contributed by atoms with E-state index in [9.17, 15) is 4.79 Å². The summed E-state index contributed by atoms with van der Waals surface area (Å²) in [6.45, 7) is 2.08. The molecule has 28 heavy (non-hydrogen) atoms. The van der Waals surface area contributed by atoms with E-state index in [-0.39, 0.29) is 5.91 Å². The maximum atomic E-state index is 11.8. The van der Waals surface area contributed by atoms with Gasteiger partial charge >= 0.3 is 0 Å². The Labute approximate surface area is 161 Å². The first-order valence-electron chi connectivity index (χ1n) is 9.18. The van der Waals surface area contributed by atoms with Gasteiger partial charge in [0.25, 0.3) is 0 Å². The van der Waals surface area contributed by atoms with Crippen LogP contribution in [0.4, 0.5) is 5.82 Å². The highest BCUT2D eigenvalue weighted by molar-refractivity contribution is 6.06. The fourth-order valence-corrected chi connectivity index (χ4v) is 3.22. The van der Waals surface area contributed by atoms with Gasteiger partial charge in [0.2, 0.25) is 5.91 Å². The summed E-state index contributed by atoms with van der Waals surface area (Å²) < 4.78 is 7.69. The number of nitrogen functional groups attached to an aromatic ring is 1. The normalized spacial score (nSPS) is 11.3. The van der Waals surface area contributed by atoms with Gasteiger partial charge in [-0.15, -0.1) is 0 Å². The fraction of sp³-hybridized carbons (Fsp3) is 0.250. The van der Waals surface area contributed by atoms with Crippen LogP contribution >= 0.6 is 0 Å². The molecular formula is C20H22N6O2. The smallest absolute Gasteiger partial charge is 0.226 e. The van der Waals surface area contributed by atoms with Crippen LogP contribution in [0.1, 0.15) is 5.69 Å². The SMILES string of the molecule is Nc1nc2ccccc2c2c1ncn2CCOCCNC(=O)Cc1ccc[nH]1. The Balaban J connectivity index is 1.30. The van der Waals surface area contributed by atoms with Crippen molar-refractivity contribution in [1.82, 2.24) is 24.8 Å². The Morgan fingerprint density at radius 1 is 1.21 bits per heavy atom. The number of hydrogen-bond acceptors (Lipinski definition) is 5. The zero-order valence-electron chi connectivity index (χ0n) is 15.4. The third-order valence-corrected chi connectivity index (χ3v) is 4.54. The summed E-state index contributed by atoms with van der Waals surface area (Å²) in [5.74, 6) is 0.402. The van der Waals surface area contributed by atoms with E-state index in [4.69, 9.17) is 10.5 Å². The summed E-state index contributed by atoms with van der Waals surface area (Å²) in [6.07, 6.45) is 3.91. The van der Waals surface area contributed by atoms with E-state index in [2.05, 4.69) is 20.3 Å². The lowest BCUT2D eigenvalue weighted by atomic mass is 10.2. The van der Waals surface area contributed by atoms with Gasteiger partial charge in [-0.25, -0.2) is 9.97 Å². The average Bonchev–Trinajstić information content (AvgIpc) is 3.35. The number of hydrogen-bond donors (Lipinski definition) is 3. The Morgan fingerprint density at radius 3 is 2.96 bits per heavy atom. The second-order valence-corrected chi connectivity index (χ2v) is 6.48. The standard InChI is InChI=1S/C20H22N6O2/c21-20-18-19(15-5-1-2-6-16(15)25-20)26(13-24-18)9-11-28-10-8-23-17(27)12-14-4-3-7-22-14/h1-7,13,22H,8-12H2,(H2,21,25)(H,23,27). The number of carbonyl (C=O) groups excluding carboxylic acids is 1. The van der Waals surface area contributed by atoms with Gasteiger partial charge in [-0.1, -0.05) is 18.2 Å². The number of pyridine rings is 1. The van der Waals surface area contributed by atoms with Gasteiger partial charge in [-0.2, -0.15) is 0 Å². The minimum atomic E-state index is -0.0268. The van der Waals surface area contributed by atoms with Gasteiger partial charge in [-0.3, -0.25) is 4.79 Å². The number of fused-ring (bicyclic) bond motifs is 3. The Kier molecular flexibility index (Phi) is 5.20. The molecule has 0 aliphatic rings. The summed E-state index contributed by atoms with van der Waals surface area (Å²) >= 11 is 0. The highest BCUT2D eigenvalue weighted by atomic mass is 16.5. The number of nitrogens with one attached hydrogen (secondary N) is 2. The monoisotopic (exact) mass is 378 g/mol. The van der Waals surface area contributed by atoms with E-state index in [1.54, 1.807) is 12.5 Å². The molecule has 144 valence electrons. The fourth-order valence-electron chi connectivity index (χ4n) is 3.22. The zero-order valence-corrected chi connectivity index (χ0v) is 15.4. The first kappa shape index (κ1) is 18.0. The minimum Gasteiger partial charge on any atom is -0.382 e. The molecule has 4 aromatic rings. The van der Waals surface area contributed by atoms with E-state index >= 15 is 0 Å². The predicted octanol–water partition coefficient (Wildman–Crippen LogP) is 1.87. The maximum absolute atomic E-state index is 11.8. The van der Waals surface area contributed by atoms with Crippen LogP contribution in [0.25, 0.3) is 21.9 Å². The van der Waals surface area contributed by atoms with E-state index in [0.29, 0.717) is 44.1 Å². The van der Waals surface area contributed by atoms with Crippen molar-refractivity contribution in [1.29, 1.82) is 0 Å². The quantitative estimate of drug-likeness (QED) is 0.405. The molecule has 4 N–H and O–H groups in total. The van der Waals surface area contributed by atoms with Crippen LogP contribution in [-0.4, -0.2) is 45.2 Å². The molecule has 0 aliphatic heterocycles. The number of para-hydroxylation sites is 1. The van der Waals surface area contributed by atoms with E-state index in [0.717, 1.165) is 22.1 Å². The van der Waals surface area contributed by atoms with Crippen LogP contribution in [0.3, 0.4) is 0 Å². The van der Waals surface area contributed by atoms with Crippen molar-refractivity contribution in [3.05, 3.63) is 54.6 Å². The van der Waals surface area contributed by atoms with Crippen LogP contribution in [-0.2, 0) is 22.5 Å². The lowest BCUT2D eigenvalue weighted by Gasteiger charge is -2.09. The van der Waals surface area contributed by atoms with Crippen molar-refractivity contribution in [3.63, 3.8) is 0 Å².